The van der Waals surface area contributed by atoms with Gasteiger partial charge in [0.1, 0.15) is 0 Å². The molecule has 1 aliphatic rings. The molecule has 5 nitrogen and oxygen atoms in total. The molecule has 2 unspecified atom stereocenters. The highest BCUT2D eigenvalue weighted by Gasteiger charge is 2.24. The first-order valence-electron chi connectivity index (χ1n) is 7.66. The Morgan fingerprint density at radius 3 is 2.45 bits per heavy atom. The van der Waals surface area contributed by atoms with Crippen LogP contribution >= 0.6 is 0 Å². The minimum atomic E-state index is -3.19. The topological polar surface area (TPSA) is 66.5 Å². The van der Waals surface area contributed by atoms with Gasteiger partial charge in [-0.2, -0.15) is 0 Å². The average molecular weight is 324 g/mol. The zero-order valence-electron chi connectivity index (χ0n) is 13.4. The first-order chi connectivity index (χ1) is 10.3. The highest BCUT2D eigenvalue weighted by Crippen LogP contribution is 2.19. The first-order valence-corrected chi connectivity index (χ1v) is 9.55. The molecule has 2 rings (SSSR count). The number of piperidine rings is 1. The molecule has 1 fully saturated rings. The smallest absolute Gasteiger partial charge is 0.318 e. The molecule has 0 aliphatic carbocycles. The summed E-state index contributed by atoms with van der Waals surface area (Å²) in [4.78, 5) is 14.5. The first kappa shape index (κ1) is 16.8. The highest BCUT2D eigenvalue weighted by atomic mass is 32.2. The van der Waals surface area contributed by atoms with E-state index in [0.717, 1.165) is 24.9 Å². The second-order valence-electron chi connectivity index (χ2n) is 6.05. The number of likely N-dealkylation sites (tertiary alicyclic amines) is 1. The van der Waals surface area contributed by atoms with Crippen LogP contribution in [-0.2, 0) is 9.84 Å². The van der Waals surface area contributed by atoms with Crippen molar-refractivity contribution in [3.8, 4) is 0 Å². The number of nitrogens with zero attached hydrogens (tertiary/aromatic N) is 1. The zero-order chi connectivity index (χ0) is 16.3. The number of sulfone groups is 1. The van der Waals surface area contributed by atoms with Gasteiger partial charge in [0.2, 0.25) is 0 Å². The van der Waals surface area contributed by atoms with Crippen LogP contribution in [0.15, 0.2) is 29.2 Å². The normalized spacial score (nSPS) is 20.5. The van der Waals surface area contributed by atoms with Gasteiger partial charge in [-0.15, -0.1) is 0 Å². The van der Waals surface area contributed by atoms with Crippen molar-refractivity contribution >= 4 is 15.9 Å². The fourth-order valence-electron chi connectivity index (χ4n) is 2.75. The van der Waals surface area contributed by atoms with Gasteiger partial charge in [0.15, 0.2) is 9.84 Å². The Labute approximate surface area is 132 Å². The molecule has 0 bridgehead atoms. The third-order valence-corrected chi connectivity index (χ3v) is 5.34. The van der Waals surface area contributed by atoms with Crippen molar-refractivity contribution in [2.45, 2.75) is 50.1 Å². The highest BCUT2D eigenvalue weighted by molar-refractivity contribution is 7.90. The van der Waals surface area contributed by atoms with Gasteiger partial charge in [-0.3, -0.25) is 0 Å². The van der Waals surface area contributed by atoms with E-state index in [1.165, 1.54) is 12.7 Å². The van der Waals surface area contributed by atoms with Crippen LogP contribution in [0.5, 0.6) is 0 Å². The molecule has 2 amide bonds. The van der Waals surface area contributed by atoms with Gasteiger partial charge in [-0.25, -0.2) is 13.2 Å². The van der Waals surface area contributed by atoms with Crippen molar-refractivity contribution in [1.29, 1.82) is 0 Å². The summed E-state index contributed by atoms with van der Waals surface area (Å²) in [7, 11) is -3.19. The van der Waals surface area contributed by atoms with E-state index in [9.17, 15) is 13.2 Å². The number of nitrogens with one attached hydrogen (secondary N) is 1. The number of carbonyl (C=O) groups excluding carboxylic acids is 1. The molecule has 0 spiro atoms. The number of carbonyl (C=O) groups is 1. The van der Waals surface area contributed by atoms with Crippen molar-refractivity contribution in [1.82, 2.24) is 10.2 Å². The Bertz CT molecular complexity index is 625. The van der Waals surface area contributed by atoms with Gasteiger partial charge in [-0.1, -0.05) is 12.1 Å². The second-order valence-corrected chi connectivity index (χ2v) is 8.07. The van der Waals surface area contributed by atoms with Gasteiger partial charge < -0.3 is 10.2 Å². The van der Waals surface area contributed by atoms with Gasteiger partial charge in [0, 0.05) is 18.8 Å². The third-order valence-electron chi connectivity index (χ3n) is 4.21. The maximum absolute atomic E-state index is 12.3. The number of hydrogen-bond acceptors (Lipinski definition) is 3. The third kappa shape index (κ3) is 4.00. The van der Waals surface area contributed by atoms with E-state index in [1.807, 2.05) is 11.8 Å². The number of hydrogen-bond donors (Lipinski definition) is 1. The minimum Gasteiger partial charge on any atom is -0.331 e. The van der Waals surface area contributed by atoms with Gasteiger partial charge in [0.25, 0.3) is 0 Å². The Hall–Kier alpha value is -1.56. The summed E-state index contributed by atoms with van der Waals surface area (Å²) < 4.78 is 22.9. The number of amides is 2. The van der Waals surface area contributed by atoms with E-state index in [1.54, 1.807) is 24.3 Å². The molecule has 0 radical (unpaired) electrons. The Morgan fingerprint density at radius 2 is 1.91 bits per heavy atom. The summed E-state index contributed by atoms with van der Waals surface area (Å²) in [5.74, 6) is 0. The van der Waals surface area contributed by atoms with Crippen molar-refractivity contribution in [3.05, 3.63) is 29.8 Å². The number of rotatable bonds is 3. The number of urea groups is 1. The predicted molar refractivity (Wildman–Crippen MR) is 86.5 cm³/mol. The van der Waals surface area contributed by atoms with Crippen molar-refractivity contribution in [2.75, 3.05) is 12.8 Å². The molecular formula is C16H24N2O3S. The summed E-state index contributed by atoms with van der Waals surface area (Å²) in [6, 6.07) is 6.73. The molecule has 22 heavy (non-hydrogen) atoms. The quantitative estimate of drug-likeness (QED) is 0.929. The molecule has 1 aliphatic heterocycles. The van der Waals surface area contributed by atoms with Gasteiger partial charge in [-0.05, 0) is 50.8 Å². The molecule has 1 aromatic carbocycles. The summed E-state index contributed by atoms with van der Waals surface area (Å²) in [6.45, 7) is 4.78. The van der Waals surface area contributed by atoms with E-state index in [4.69, 9.17) is 0 Å². The SMILES string of the molecule is CC(NC(=O)N1CCCCC1C)c1ccc(S(C)(=O)=O)cc1. The summed E-state index contributed by atoms with van der Waals surface area (Å²) in [6.07, 6.45) is 4.46. The van der Waals surface area contributed by atoms with E-state index >= 15 is 0 Å². The standard InChI is InChI=1S/C16H24N2O3S/c1-12-6-4-5-11-18(12)16(19)17-13(2)14-7-9-15(10-8-14)22(3,20)21/h7-10,12-13H,4-6,11H2,1-3H3,(H,17,19). The molecule has 0 saturated carbocycles. The fraction of sp³-hybridized carbons (Fsp3) is 0.562. The molecule has 0 aromatic heterocycles. The monoisotopic (exact) mass is 324 g/mol. The lowest BCUT2D eigenvalue weighted by atomic mass is 10.0. The van der Waals surface area contributed by atoms with Crippen molar-refractivity contribution in [3.63, 3.8) is 0 Å². The fourth-order valence-corrected chi connectivity index (χ4v) is 3.39. The Kier molecular flexibility index (Phi) is 5.11. The predicted octanol–water partition coefficient (Wildman–Crippen LogP) is 2.74. The zero-order valence-corrected chi connectivity index (χ0v) is 14.2. The van der Waals surface area contributed by atoms with E-state index < -0.39 is 9.84 Å². The molecule has 1 heterocycles. The maximum atomic E-state index is 12.3. The lowest BCUT2D eigenvalue weighted by Gasteiger charge is -2.34. The largest absolute Gasteiger partial charge is 0.331 e. The van der Waals surface area contributed by atoms with Crippen LogP contribution in [0.3, 0.4) is 0 Å². The molecule has 1 aromatic rings. The average Bonchev–Trinajstić information content (AvgIpc) is 2.46. The van der Waals surface area contributed by atoms with Crippen LogP contribution < -0.4 is 5.32 Å². The molecule has 2 atom stereocenters. The van der Waals surface area contributed by atoms with E-state index in [-0.39, 0.29) is 18.1 Å². The van der Waals surface area contributed by atoms with E-state index in [0.29, 0.717) is 4.90 Å². The maximum Gasteiger partial charge on any atom is 0.318 e. The molecule has 122 valence electrons. The van der Waals surface area contributed by atoms with Crippen LogP contribution in [0.1, 0.15) is 44.7 Å². The molecular weight excluding hydrogens is 300 g/mol. The summed E-state index contributed by atoms with van der Waals surface area (Å²) in [5.41, 5.74) is 0.894. The van der Waals surface area contributed by atoms with Crippen LogP contribution in [0.25, 0.3) is 0 Å². The minimum absolute atomic E-state index is 0.0492. The number of benzene rings is 1. The lowest BCUT2D eigenvalue weighted by Crippen LogP contribution is -2.48. The molecule has 1 N–H and O–H groups in total. The van der Waals surface area contributed by atoms with Crippen molar-refractivity contribution in [2.24, 2.45) is 0 Å². The molecule has 1 saturated heterocycles. The summed E-state index contributed by atoms with van der Waals surface area (Å²) in [5, 5.41) is 2.99. The molecule has 6 heteroatoms. The Balaban J connectivity index is 2.02. The van der Waals surface area contributed by atoms with Gasteiger partial charge >= 0.3 is 6.03 Å². The van der Waals surface area contributed by atoms with Crippen LogP contribution in [0, 0.1) is 0 Å². The second kappa shape index (κ2) is 6.69. The van der Waals surface area contributed by atoms with E-state index in [2.05, 4.69) is 12.2 Å². The van der Waals surface area contributed by atoms with Crippen LogP contribution in [0.4, 0.5) is 4.79 Å². The van der Waals surface area contributed by atoms with Gasteiger partial charge in [0.05, 0.1) is 10.9 Å². The van der Waals surface area contributed by atoms with Crippen LogP contribution in [0.2, 0.25) is 0 Å². The van der Waals surface area contributed by atoms with Crippen molar-refractivity contribution < 1.29 is 13.2 Å². The Morgan fingerprint density at radius 1 is 1.27 bits per heavy atom. The summed E-state index contributed by atoms with van der Waals surface area (Å²) >= 11 is 0. The van der Waals surface area contributed by atoms with Crippen LogP contribution in [-0.4, -0.2) is 38.2 Å². The lowest BCUT2D eigenvalue weighted by molar-refractivity contribution is 0.155.